The van der Waals surface area contributed by atoms with E-state index in [1.165, 1.54) is 23.5 Å². The van der Waals surface area contributed by atoms with Gasteiger partial charge in [0.1, 0.15) is 10.7 Å². The van der Waals surface area contributed by atoms with Gasteiger partial charge in [-0.3, -0.25) is 4.79 Å². The Hall–Kier alpha value is -2.74. The number of nitrogens with zero attached hydrogens (tertiary/aromatic N) is 3. The van der Waals surface area contributed by atoms with Crippen molar-refractivity contribution in [1.29, 1.82) is 0 Å². The van der Waals surface area contributed by atoms with Crippen LogP contribution in [0.25, 0.3) is 5.69 Å². The summed E-state index contributed by atoms with van der Waals surface area (Å²) in [4.78, 5) is 17.2. The van der Waals surface area contributed by atoms with Gasteiger partial charge in [0.2, 0.25) is 0 Å². The second-order valence-corrected chi connectivity index (χ2v) is 6.86. The first-order valence-corrected chi connectivity index (χ1v) is 9.12. The Morgan fingerprint density at radius 3 is 2.73 bits per heavy atom. The van der Waals surface area contributed by atoms with Gasteiger partial charge in [-0.2, -0.15) is 5.10 Å². The molecule has 0 bridgehead atoms. The Bertz CT molecular complexity index is 903. The van der Waals surface area contributed by atoms with E-state index in [2.05, 4.69) is 20.7 Å². The lowest BCUT2D eigenvalue weighted by atomic mass is 10.1. The average Bonchev–Trinajstić information content (AvgIpc) is 3.23. The highest BCUT2D eigenvalue weighted by Gasteiger charge is 2.18. The van der Waals surface area contributed by atoms with Gasteiger partial charge in [-0.1, -0.05) is 11.3 Å². The Morgan fingerprint density at radius 1 is 1.31 bits per heavy atom. The van der Waals surface area contributed by atoms with Crippen LogP contribution >= 0.6 is 11.3 Å². The molecule has 1 aromatic carbocycles. The molecular weight excluding hydrogens is 353 g/mol. The highest BCUT2D eigenvalue weighted by Crippen LogP contribution is 2.22. The predicted octanol–water partition coefficient (Wildman–Crippen LogP) is 3.70. The fraction of sp³-hybridized carbons (Fsp3) is 0.278. The molecule has 6 nitrogen and oxygen atoms in total. The Balaban J connectivity index is 1.74. The van der Waals surface area contributed by atoms with Gasteiger partial charge in [-0.05, 0) is 45.0 Å². The van der Waals surface area contributed by atoms with E-state index in [-0.39, 0.29) is 17.8 Å². The molecule has 0 aliphatic rings. The maximum absolute atomic E-state index is 13.1. The second-order valence-electron chi connectivity index (χ2n) is 5.83. The number of aromatic nitrogens is 3. The summed E-state index contributed by atoms with van der Waals surface area (Å²) in [5.41, 5.74) is 2.56. The standard InChI is InChI=1S/C18H20FN5OS/c1-4-20-18-21-10-16(26-18)17(25)23-11(2)15-9-22-24(12(15)3)14-7-5-13(19)6-8-14/h5-11H,4H2,1-3H3,(H,20,21)(H,23,25)/t11-/m1/s1. The molecule has 26 heavy (non-hydrogen) atoms. The van der Waals surface area contributed by atoms with Crippen molar-refractivity contribution in [2.75, 3.05) is 11.9 Å². The molecule has 136 valence electrons. The fourth-order valence-electron chi connectivity index (χ4n) is 2.65. The first kappa shape index (κ1) is 18.1. The van der Waals surface area contributed by atoms with Crippen LogP contribution in [0, 0.1) is 12.7 Å². The molecule has 8 heteroatoms. The number of nitrogens with one attached hydrogen (secondary N) is 2. The lowest BCUT2D eigenvalue weighted by Gasteiger charge is -2.13. The number of thiazole rings is 1. The molecule has 2 heterocycles. The van der Waals surface area contributed by atoms with Crippen molar-refractivity contribution < 1.29 is 9.18 Å². The van der Waals surface area contributed by atoms with Crippen LogP contribution in [-0.4, -0.2) is 27.2 Å². The average molecular weight is 373 g/mol. The number of hydrogen-bond acceptors (Lipinski definition) is 5. The molecule has 3 aromatic rings. The molecule has 0 spiro atoms. The maximum atomic E-state index is 13.1. The molecule has 3 rings (SSSR count). The van der Waals surface area contributed by atoms with Crippen LogP contribution in [0.5, 0.6) is 0 Å². The van der Waals surface area contributed by atoms with E-state index >= 15 is 0 Å². The highest BCUT2D eigenvalue weighted by atomic mass is 32.1. The SMILES string of the molecule is CCNc1ncc(C(=O)N[C@H](C)c2cnn(-c3ccc(F)cc3)c2C)s1. The van der Waals surface area contributed by atoms with E-state index in [9.17, 15) is 9.18 Å². The van der Waals surface area contributed by atoms with Crippen molar-refractivity contribution in [3.05, 3.63) is 58.6 Å². The highest BCUT2D eigenvalue weighted by molar-refractivity contribution is 7.17. The van der Waals surface area contributed by atoms with Crippen molar-refractivity contribution in [3.8, 4) is 5.69 Å². The number of halogens is 1. The first-order chi connectivity index (χ1) is 12.5. The normalized spacial score (nSPS) is 12.0. The third-order valence-electron chi connectivity index (χ3n) is 3.99. The summed E-state index contributed by atoms with van der Waals surface area (Å²) >= 11 is 1.32. The molecule has 0 aliphatic carbocycles. The van der Waals surface area contributed by atoms with Crippen molar-refractivity contribution in [2.45, 2.75) is 26.8 Å². The lowest BCUT2D eigenvalue weighted by molar-refractivity contribution is 0.0943. The van der Waals surface area contributed by atoms with Crippen LogP contribution in [0.4, 0.5) is 9.52 Å². The molecule has 1 amide bonds. The molecular formula is C18H20FN5OS. The zero-order valence-corrected chi connectivity index (χ0v) is 15.6. The maximum Gasteiger partial charge on any atom is 0.263 e. The number of anilines is 1. The zero-order chi connectivity index (χ0) is 18.7. The quantitative estimate of drug-likeness (QED) is 0.691. The topological polar surface area (TPSA) is 71.8 Å². The van der Waals surface area contributed by atoms with Gasteiger partial charge < -0.3 is 10.6 Å². The van der Waals surface area contributed by atoms with Gasteiger partial charge in [-0.25, -0.2) is 14.1 Å². The van der Waals surface area contributed by atoms with Gasteiger partial charge in [0, 0.05) is 17.8 Å². The van der Waals surface area contributed by atoms with Gasteiger partial charge >= 0.3 is 0 Å². The Labute approximate surface area is 155 Å². The van der Waals surface area contributed by atoms with Gasteiger partial charge in [0.25, 0.3) is 5.91 Å². The van der Waals surface area contributed by atoms with Crippen molar-refractivity contribution >= 4 is 22.4 Å². The summed E-state index contributed by atoms with van der Waals surface area (Å²) in [5.74, 6) is -0.464. The molecule has 1 atom stereocenters. The van der Waals surface area contributed by atoms with Gasteiger partial charge in [-0.15, -0.1) is 0 Å². The van der Waals surface area contributed by atoms with Crippen molar-refractivity contribution in [2.24, 2.45) is 0 Å². The zero-order valence-electron chi connectivity index (χ0n) is 14.8. The van der Waals surface area contributed by atoms with Crippen LogP contribution in [0.2, 0.25) is 0 Å². The fourth-order valence-corrected chi connectivity index (χ4v) is 3.43. The van der Waals surface area contributed by atoms with E-state index in [0.717, 1.165) is 28.6 Å². The predicted molar refractivity (Wildman–Crippen MR) is 100 cm³/mol. The van der Waals surface area contributed by atoms with Crippen LogP contribution in [-0.2, 0) is 0 Å². The number of rotatable bonds is 6. The van der Waals surface area contributed by atoms with Crippen LogP contribution in [0.3, 0.4) is 0 Å². The molecule has 0 fully saturated rings. The number of amides is 1. The minimum Gasteiger partial charge on any atom is -0.362 e. The molecule has 2 aromatic heterocycles. The molecule has 0 saturated heterocycles. The summed E-state index contributed by atoms with van der Waals surface area (Å²) in [6.45, 7) is 6.56. The third kappa shape index (κ3) is 3.75. The van der Waals surface area contributed by atoms with E-state index in [1.807, 2.05) is 20.8 Å². The lowest BCUT2D eigenvalue weighted by Crippen LogP contribution is -2.26. The minimum absolute atomic E-state index is 0.173. The van der Waals surface area contributed by atoms with Crippen LogP contribution in [0.15, 0.2) is 36.7 Å². The van der Waals surface area contributed by atoms with Crippen LogP contribution in [0.1, 0.15) is 40.8 Å². The molecule has 0 saturated carbocycles. The largest absolute Gasteiger partial charge is 0.362 e. The minimum atomic E-state index is -0.291. The number of carbonyl (C=O) groups is 1. The molecule has 0 radical (unpaired) electrons. The van der Waals surface area contributed by atoms with E-state index < -0.39 is 0 Å². The number of hydrogen-bond donors (Lipinski definition) is 2. The summed E-state index contributed by atoms with van der Waals surface area (Å²) < 4.78 is 14.8. The summed E-state index contributed by atoms with van der Waals surface area (Å²) in [5, 5.41) is 11.2. The Morgan fingerprint density at radius 2 is 2.04 bits per heavy atom. The Kier molecular flexibility index (Phi) is 5.32. The number of benzene rings is 1. The summed E-state index contributed by atoms with van der Waals surface area (Å²) in [6, 6.07) is 5.91. The van der Waals surface area contributed by atoms with Crippen molar-refractivity contribution in [1.82, 2.24) is 20.1 Å². The van der Waals surface area contributed by atoms with Gasteiger partial charge in [0.15, 0.2) is 5.13 Å². The van der Waals surface area contributed by atoms with E-state index in [4.69, 9.17) is 0 Å². The molecule has 0 unspecified atom stereocenters. The monoisotopic (exact) mass is 373 g/mol. The van der Waals surface area contributed by atoms with Gasteiger partial charge in [0.05, 0.1) is 24.1 Å². The first-order valence-electron chi connectivity index (χ1n) is 8.30. The van der Waals surface area contributed by atoms with Crippen molar-refractivity contribution in [3.63, 3.8) is 0 Å². The van der Waals surface area contributed by atoms with E-state index in [0.29, 0.717) is 4.88 Å². The molecule has 2 N–H and O–H groups in total. The summed E-state index contributed by atoms with van der Waals surface area (Å²) in [7, 11) is 0. The van der Waals surface area contributed by atoms with Crippen LogP contribution < -0.4 is 10.6 Å². The molecule has 0 aliphatic heterocycles. The summed E-state index contributed by atoms with van der Waals surface area (Å²) in [6.07, 6.45) is 3.29. The number of carbonyl (C=O) groups excluding carboxylic acids is 1. The van der Waals surface area contributed by atoms with E-state index in [1.54, 1.807) is 29.2 Å². The smallest absolute Gasteiger partial charge is 0.263 e. The third-order valence-corrected chi connectivity index (χ3v) is 4.94. The second kappa shape index (κ2) is 7.65.